The molecule has 32 heavy (non-hydrogen) atoms. The number of aliphatic hydroxyl groups excluding tert-OH is 1. The molecule has 3 aliphatic heterocycles. The molecule has 3 N–H and O–H groups in total. The smallest absolute Gasteiger partial charge is 0.246 e. The van der Waals surface area contributed by atoms with Gasteiger partial charge >= 0.3 is 0 Å². The van der Waals surface area contributed by atoms with Crippen LogP contribution < -0.4 is 10.6 Å². The minimum Gasteiger partial charge on any atom is -0.394 e. The predicted octanol–water partition coefficient (Wildman–Crippen LogP) is 1.45. The molecule has 0 aromatic heterocycles. The minimum absolute atomic E-state index is 0.00359. The Hall–Kier alpha value is -1.67. The van der Waals surface area contributed by atoms with Crippen molar-refractivity contribution >= 4 is 17.7 Å². The summed E-state index contributed by atoms with van der Waals surface area (Å²) in [4.78, 5) is 42.0. The van der Waals surface area contributed by atoms with Crippen molar-refractivity contribution in [2.24, 2.45) is 23.2 Å². The van der Waals surface area contributed by atoms with Crippen LogP contribution in [0.5, 0.6) is 0 Å². The Labute approximate surface area is 191 Å². The molecule has 0 aliphatic carbocycles. The first kappa shape index (κ1) is 25.0. The lowest BCUT2D eigenvalue weighted by Gasteiger charge is -2.39. The number of fused-ring (bicyclic) bond motifs is 1. The molecule has 182 valence electrons. The van der Waals surface area contributed by atoms with Gasteiger partial charge in [-0.25, -0.2) is 0 Å². The zero-order valence-electron chi connectivity index (χ0n) is 21.0. The van der Waals surface area contributed by atoms with Gasteiger partial charge in [-0.05, 0) is 51.9 Å². The van der Waals surface area contributed by atoms with Gasteiger partial charge in [-0.1, -0.05) is 27.7 Å². The van der Waals surface area contributed by atoms with Gasteiger partial charge in [0, 0.05) is 12.6 Å². The second kappa shape index (κ2) is 7.69. The maximum absolute atomic E-state index is 13.8. The molecular weight excluding hydrogens is 410 g/mol. The highest BCUT2D eigenvalue weighted by molar-refractivity contribution is 5.99. The van der Waals surface area contributed by atoms with Gasteiger partial charge in [0.2, 0.25) is 17.7 Å². The minimum atomic E-state index is -1.09. The van der Waals surface area contributed by atoms with E-state index in [0.29, 0.717) is 6.42 Å². The number of nitrogens with zero attached hydrogens (tertiary/aromatic N) is 1. The number of ether oxygens (including phenoxy) is 1. The number of carbonyl (C=O) groups excluding carboxylic acids is 3. The van der Waals surface area contributed by atoms with Crippen LogP contribution in [0.1, 0.15) is 68.2 Å². The second-order valence-corrected chi connectivity index (χ2v) is 12.2. The molecule has 8 nitrogen and oxygen atoms in total. The van der Waals surface area contributed by atoms with Gasteiger partial charge in [0.25, 0.3) is 0 Å². The molecule has 7 atom stereocenters. The summed E-state index contributed by atoms with van der Waals surface area (Å²) in [6.07, 6.45) is 1.26. The van der Waals surface area contributed by atoms with Gasteiger partial charge in [-0.15, -0.1) is 0 Å². The third-order valence-electron chi connectivity index (χ3n) is 7.70. The van der Waals surface area contributed by atoms with Gasteiger partial charge in [-0.3, -0.25) is 14.4 Å². The molecule has 3 saturated heterocycles. The average molecular weight is 452 g/mol. The first-order chi connectivity index (χ1) is 14.5. The number of likely N-dealkylation sites (tertiary alicyclic amines) is 1. The summed E-state index contributed by atoms with van der Waals surface area (Å²) in [7, 11) is 1.56. The lowest BCUT2D eigenvalue weighted by atomic mass is 9.62. The van der Waals surface area contributed by atoms with E-state index >= 15 is 0 Å². The average Bonchev–Trinajstić information content (AvgIpc) is 3.15. The molecular formula is C24H41N3O5. The standard InChI is InChI=1S/C24H41N3O5/c1-13-10-24-16(15(18(29)25-9)23(13,8)32-24)20(31)27(14(2)11-28)17(24)19(30)26-22(6,7)12-21(3,4)5/h13-17,28H,10-12H2,1-9H3,(H,25,29)(H,26,30)/t13?,14-,15+,16+,17?,23-,24?/m1/s1. The lowest BCUT2D eigenvalue weighted by molar-refractivity contribution is -0.151. The maximum Gasteiger partial charge on any atom is 0.246 e. The zero-order valence-corrected chi connectivity index (χ0v) is 21.0. The predicted molar refractivity (Wildman–Crippen MR) is 121 cm³/mol. The van der Waals surface area contributed by atoms with E-state index in [1.165, 1.54) is 4.90 Å². The van der Waals surface area contributed by atoms with Crippen LogP contribution in [0.15, 0.2) is 0 Å². The van der Waals surface area contributed by atoms with Gasteiger partial charge in [0.15, 0.2) is 0 Å². The van der Waals surface area contributed by atoms with Gasteiger partial charge in [0.1, 0.15) is 11.6 Å². The summed E-state index contributed by atoms with van der Waals surface area (Å²) in [6, 6.07) is -1.47. The van der Waals surface area contributed by atoms with Gasteiger partial charge in [0.05, 0.1) is 30.1 Å². The van der Waals surface area contributed by atoms with Crippen molar-refractivity contribution < 1.29 is 24.2 Å². The Bertz CT molecular complexity index is 806. The Morgan fingerprint density at radius 1 is 1.25 bits per heavy atom. The van der Waals surface area contributed by atoms with E-state index < -0.39 is 40.7 Å². The molecule has 2 bridgehead atoms. The molecule has 0 aromatic rings. The fourth-order valence-corrected chi connectivity index (χ4v) is 6.87. The van der Waals surface area contributed by atoms with E-state index in [2.05, 4.69) is 31.4 Å². The Morgan fingerprint density at radius 2 is 1.84 bits per heavy atom. The van der Waals surface area contributed by atoms with Crippen molar-refractivity contribution in [1.29, 1.82) is 0 Å². The van der Waals surface area contributed by atoms with E-state index in [0.717, 1.165) is 6.42 Å². The third kappa shape index (κ3) is 3.63. The Balaban J connectivity index is 2.07. The molecule has 1 spiro atoms. The lowest BCUT2D eigenvalue weighted by Crippen LogP contribution is -2.61. The van der Waals surface area contributed by atoms with Gasteiger partial charge in [-0.2, -0.15) is 0 Å². The zero-order chi connectivity index (χ0) is 24.4. The van der Waals surface area contributed by atoms with Crippen LogP contribution in [-0.2, 0) is 19.1 Å². The number of amides is 3. The first-order valence-electron chi connectivity index (χ1n) is 11.7. The van der Waals surface area contributed by atoms with E-state index in [1.54, 1.807) is 14.0 Å². The number of carbonyl (C=O) groups is 3. The molecule has 3 amide bonds. The van der Waals surface area contributed by atoms with Crippen molar-refractivity contribution in [1.82, 2.24) is 15.5 Å². The van der Waals surface area contributed by atoms with Crippen LogP contribution in [0.3, 0.4) is 0 Å². The van der Waals surface area contributed by atoms with Crippen molar-refractivity contribution in [2.75, 3.05) is 13.7 Å². The molecule has 0 radical (unpaired) electrons. The molecule has 3 unspecified atom stereocenters. The van der Waals surface area contributed by atoms with Crippen molar-refractivity contribution in [3.63, 3.8) is 0 Å². The fourth-order valence-electron chi connectivity index (χ4n) is 6.87. The quantitative estimate of drug-likeness (QED) is 0.567. The molecule has 0 aromatic carbocycles. The highest BCUT2D eigenvalue weighted by Crippen LogP contribution is 2.65. The Morgan fingerprint density at radius 3 is 2.34 bits per heavy atom. The van der Waals surface area contributed by atoms with Crippen molar-refractivity contribution in [3.05, 3.63) is 0 Å². The largest absolute Gasteiger partial charge is 0.394 e. The van der Waals surface area contributed by atoms with Crippen molar-refractivity contribution in [2.45, 2.75) is 97.1 Å². The summed E-state index contributed by atoms with van der Waals surface area (Å²) in [5, 5.41) is 15.8. The van der Waals surface area contributed by atoms with Crippen LogP contribution in [-0.4, -0.2) is 70.2 Å². The highest BCUT2D eigenvalue weighted by Gasteiger charge is 2.80. The van der Waals surface area contributed by atoms with Crippen LogP contribution in [0, 0.1) is 23.2 Å². The van der Waals surface area contributed by atoms with E-state index in [9.17, 15) is 19.5 Å². The van der Waals surface area contributed by atoms with E-state index in [-0.39, 0.29) is 35.7 Å². The monoisotopic (exact) mass is 451 g/mol. The summed E-state index contributed by atoms with van der Waals surface area (Å²) >= 11 is 0. The molecule has 3 fully saturated rings. The number of hydrogen-bond donors (Lipinski definition) is 3. The Kier molecular flexibility index (Phi) is 6.00. The number of rotatable bonds is 6. The molecule has 3 aliphatic rings. The number of nitrogens with one attached hydrogen (secondary N) is 2. The van der Waals surface area contributed by atoms with Crippen LogP contribution in [0.2, 0.25) is 0 Å². The van der Waals surface area contributed by atoms with Crippen LogP contribution in [0.4, 0.5) is 0 Å². The summed E-state index contributed by atoms with van der Waals surface area (Å²) in [6.45, 7) is 15.7. The topological polar surface area (TPSA) is 108 Å². The van der Waals surface area contributed by atoms with E-state index in [4.69, 9.17) is 4.74 Å². The first-order valence-corrected chi connectivity index (χ1v) is 11.7. The normalized spacial score (nSPS) is 37.4. The van der Waals surface area contributed by atoms with Gasteiger partial charge < -0.3 is 25.4 Å². The molecule has 3 rings (SSSR count). The summed E-state index contributed by atoms with van der Waals surface area (Å²) in [5.41, 5.74) is -2.43. The molecule has 3 heterocycles. The molecule has 8 heteroatoms. The summed E-state index contributed by atoms with van der Waals surface area (Å²) < 4.78 is 6.60. The number of aliphatic hydroxyl groups is 1. The van der Waals surface area contributed by atoms with Crippen LogP contribution in [0.25, 0.3) is 0 Å². The molecule has 0 saturated carbocycles. The summed E-state index contributed by atoms with van der Waals surface area (Å²) in [5.74, 6) is -2.26. The fraction of sp³-hybridized carbons (Fsp3) is 0.875. The second-order valence-electron chi connectivity index (χ2n) is 12.2. The number of hydrogen-bond acceptors (Lipinski definition) is 5. The third-order valence-corrected chi connectivity index (χ3v) is 7.70. The SMILES string of the molecule is CNC(=O)[C@@H]1[C@H]2C(=O)N([C@H](C)CO)C(C(=O)NC(C)(C)CC(C)(C)C)C23CC(C)[C@@]1(C)O3. The van der Waals surface area contributed by atoms with Crippen molar-refractivity contribution in [3.8, 4) is 0 Å². The van der Waals surface area contributed by atoms with E-state index in [1.807, 2.05) is 27.7 Å². The maximum atomic E-state index is 13.8. The van der Waals surface area contributed by atoms with Crippen LogP contribution >= 0.6 is 0 Å². The highest BCUT2D eigenvalue weighted by atomic mass is 16.5.